The number of nitrogens with zero attached hydrogens (tertiary/aromatic N) is 2. The minimum absolute atomic E-state index is 0.287. The van der Waals surface area contributed by atoms with Gasteiger partial charge in [-0.1, -0.05) is 0 Å². The summed E-state index contributed by atoms with van der Waals surface area (Å²) in [7, 11) is 0. The normalized spacial score (nSPS) is 9.54. The molecule has 0 fully saturated rings. The smallest absolute Gasteiger partial charge is 0.363 e. The predicted octanol–water partition coefficient (Wildman–Crippen LogP) is -0.718. The topological polar surface area (TPSA) is 96.2 Å². The second-order valence-electron chi connectivity index (χ2n) is 2.33. The van der Waals surface area contributed by atoms with Gasteiger partial charge in [0.15, 0.2) is 0 Å². The summed E-state index contributed by atoms with van der Waals surface area (Å²) in [5.41, 5.74) is 0.380. The zero-order valence-corrected chi connectivity index (χ0v) is 6.47. The van der Waals surface area contributed by atoms with Crippen molar-refractivity contribution in [1.82, 2.24) is 4.98 Å². The van der Waals surface area contributed by atoms with Gasteiger partial charge < -0.3 is 20.0 Å². The summed E-state index contributed by atoms with van der Waals surface area (Å²) in [5, 5.41) is 20.3. The first kappa shape index (κ1) is 9.11. The van der Waals surface area contributed by atoms with Gasteiger partial charge in [0.2, 0.25) is 0 Å². The average molecular weight is 181 g/mol. The van der Waals surface area contributed by atoms with E-state index < -0.39 is 10.9 Å². The van der Waals surface area contributed by atoms with Crippen LogP contribution in [0.25, 0.3) is 0 Å². The van der Waals surface area contributed by atoms with E-state index in [1.54, 1.807) is 0 Å². The van der Waals surface area contributed by atoms with Gasteiger partial charge >= 0.3 is 5.82 Å². The van der Waals surface area contributed by atoms with Gasteiger partial charge in [0.05, 0.1) is 0 Å². The molecule has 0 amide bonds. The lowest BCUT2D eigenvalue weighted by atomic mass is 10.2. The molecule has 1 rings (SSSR count). The van der Waals surface area contributed by atoms with Gasteiger partial charge in [-0.15, -0.1) is 0 Å². The first-order valence-electron chi connectivity index (χ1n) is 3.39. The van der Waals surface area contributed by atoms with Crippen LogP contribution in [0.5, 0.6) is 0 Å². The van der Waals surface area contributed by atoms with E-state index in [0.29, 0.717) is 5.56 Å². The van der Waals surface area contributed by atoms with E-state index in [2.05, 4.69) is 4.98 Å². The van der Waals surface area contributed by atoms with Crippen LogP contribution in [0.4, 0.5) is 5.82 Å². The van der Waals surface area contributed by atoms with Crippen molar-refractivity contribution in [2.45, 2.75) is 6.42 Å². The average Bonchev–Trinajstić information content (AvgIpc) is 2.04. The molecule has 0 unspecified atom stereocenters. The third-order valence-electron chi connectivity index (χ3n) is 1.34. The summed E-state index contributed by atoms with van der Waals surface area (Å²) in [6.45, 7) is 0. The molecule has 1 heterocycles. The third kappa shape index (κ3) is 2.51. The van der Waals surface area contributed by atoms with Crippen molar-refractivity contribution in [3.05, 3.63) is 34.0 Å². The highest BCUT2D eigenvalue weighted by Gasteiger charge is 2.05. The van der Waals surface area contributed by atoms with E-state index >= 15 is 0 Å². The Bertz CT molecular complexity index is 333. The van der Waals surface area contributed by atoms with E-state index in [1.165, 1.54) is 6.07 Å². The molecule has 68 valence electrons. The van der Waals surface area contributed by atoms with Crippen molar-refractivity contribution < 1.29 is 14.8 Å². The van der Waals surface area contributed by atoms with Gasteiger partial charge in [-0.25, -0.2) is 0 Å². The quantitative estimate of drug-likeness (QED) is 0.453. The van der Waals surface area contributed by atoms with Crippen molar-refractivity contribution in [3.8, 4) is 0 Å². The SMILES string of the molecule is O=C([O-])Cc1ccc([N+](=O)[O-])nc1. The lowest BCUT2D eigenvalue weighted by Gasteiger charge is -1.98. The van der Waals surface area contributed by atoms with Crippen LogP contribution in [-0.2, 0) is 11.2 Å². The van der Waals surface area contributed by atoms with E-state index in [9.17, 15) is 20.0 Å². The van der Waals surface area contributed by atoms with Gasteiger partial charge in [-0.2, -0.15) is 0 Å². The highest BCUT2D eigenvalue weighted by molar-refractivity contribution is 5.67. The molecule has 1 aromatic rings. The van der Waals surface area contributed by atoms with Crippen LogP contribution in [0.15, 0.2) is 18.3 Å². The van der Waals surface area contributed by atoms with Crippen molar-refractivity contribution in [3.63, 3.8) is 0 Å². The molecule has 0 atom stereocenters. The predicted molar refractivity (Wildman–Crippen MR) is 39.6 cm³/mol. The highest BCUT2D eigenvalue weighted by Crippen LogP contribution is 2.07. The molecule has 13 heavy (non-hydrogen) atoms. The molecule has 0 aliphatic heterocycles. The maximum absolute atomic E-state index is 10.1. The maximum atomic E-state index is 10.1. The van der Waals surface area contributed by atoms with E-state index in [0.717, 1.165) is 12.3 Å². The Morgan fingerprint density at radius 1 is 1.54 bits per heavy atom. The summed E-state index contributed by atoms with van der Waals surface area (Å²) in [6.07, 6.45) is 0.860. The maximum Gasteiger partial charge on any atom is 0.363 e. The minimum atomic E-state index is -1.24. The number of nitro groups is 1. The van der Waals surface area contributed by atoms with Gasteiger partial charge in [-0.3, -0.25) is 0 Å². The summed E-state index contributed by atoms with van der Waals surface area (Å²) < 4.78 is 0. The van der Waals surface area contributed by atoms with E-state index in [4.69, 9.17) is 0 Å². The molecule has 0 bridgehead atoms. The summed E-state index contributed by atoms with van der Waals surface area (Å²) in [4.78, 5) is 23.1. The van der Waals surface area contributed by atoms with Crippen LogP contribution < -0.4 is 5.11 Å². The monoisotopic (exact) mass is 181 g/mol. The van der Waals surface area contributed by atoms with Gasteiger partial charge in [0.1, 0.15) is 6.20 Å². The summed E-state index contributed by atoms with van der Waals surface area (Å²) in [5.74, 6) is -1.54. The molecule has 0 spiro atoms. The number of carbonyl (C=O) groups excluding carboxylic acids is 1. The number of carbonyl (C=O) groups is 1. The van der Waals surface area contributed by atoms with Crippen LogP contribution in [0.2, 0.25) is 0 Å². The molecular weight excluding hydrogens is 176 g/mol. The van der Waals surface area contributed by atoms with Crippen molar-refractivity contribution in [2.24, 2.45) is 0 Å². The number of rotatable bonds is 3. The van der Waals surface area contributed by atoms with Crippen LogP contribution in [-0.4, -0.2) is 15.9 Å². The lowest BCUT2D eigenvalue weighted by Crippen LogP contribution is -2.24. The molecule has 1 aromatic heterocycles. The standard InChI is InChI=1S/C7H6N2O4/c10-7(11)3-5-1-2-6(8-4-5)9(12)13/h1-2,4H,3H2,(H,10,11)/p-1. The molecule has 0 N–H and O–H groups in total. The minimum Gasteiger partial charge on any atom is -0.550 e. The zero-order valence-electron chi connectivity index (χ0n) is 6.47. The Morgan fingerprint density at radius 3 is 2.62 bits per heavy atom. The second kappa shape index (κ2) is 3.61. The first-order chi connectivity index (χ1) is 6.09. The Kier molecular flexibility index (Phi) is 2.53. The molecule has 0 aliphatic rings. The number of hydrogen-bond donors (Lipinski definition) is 0. The van der Waals surface area contributed by atoms with Crippen molar-refractivity contribution in [1.29, 1.82) is 0 Å². The van der Waals surface area contributed by atoms with Crippen LogP contribution in [0.1, 0.15) is 5.56 Å². The fourth-order valence-electron chi connectivity index (χ4n) is 0.796. The molecule has 6 heteroatoms. The molecule has 6 nitrogen and oxygen atoms in total. The van der Waals surface area contributed by atoms with Gasteiger partial charge in [0, 0.05) is 24.0 Å². The molecule has 0 aromatic carbocycles. The molecule has 0 saturated carbocycles. The van der Waals surface area contributed by atoms with E-state index in [-0.39, 0.29) is 12.2 Å². The number of carboxylic acid groups (broad SMARTS) is 1. The molecule has 0 saturated heterocycles. The number of aliphatic carboxylic acids is 1. The highest BCUT2D eigenvalue weighted by atomic mass is 16.6. The number of hydrogen-bond acceptors (Lipinski definition) is 5. The third-order valence-corrected chi connectivity index (χ3v) is 1.34. The molecular formula is C7H5N2O4-. The zero-order chi connectivity index (χ0) is 9.84. The van der Waals surface area contributed by atoms with Crippen molar-refractivity contribution >= 4 is 11.8 Å². The molecule has 0 radical (unpaired) electrons. The first-order valence-corrected chi connectivity index (χ1v) is 3.39. The van der Waals surface area contributed by atoms with E-state index in [1.807, 2.05) is 0 Å². The van der Waals surface area contributed by atoms with Crippen LogP contribution in [0, 0.1) is 10.1 Å². The number of carboxylic acids is 1. The molecule has 0 aliphatic carbocycles. The summed E-state index contributed by atoms with van der Waals surface area (Å²) >= 11 is 0. The number of aromatic nitrogens is 1. The van der Waals surface area contributed by atoms with Gasteiger partial charge in [-0.05, 0) is 16.0 Å². The Hall–Kier alpha value is -1.98. The fraction of sp³-hybridized carbons (Fsp3) is 0.143. The van der Waals surface area contributed by atoms with Crippen LogP contribution >= 0.6 is 0 Å². The number of pyridine rings is 1. The Labute approximate surface area is 73.0 Å². The lowest BCUT2D eigenvalue weighted by molar-refractivity contribution is -0.389. The van der Waals surface area contributed by atoms with Gasteiger partial charge in [0.25, 0.3) is 0 Å². The fourth-order valence-corrected chi connectivity index (χ4v) is 0.796. The van der Waals surface area contributed by atoms with Crippen LogP contribution in [0.3, 0.4) is 0 Å². The summed E-state index contributed by atoms with van der Waals surface area (Å²) in [6, 6.07) is 2.49. The Balaban J connectivity index is 2.81. The Morgan fingerprint density at radius 2 is 2.23 bits per heavy atom. The largest absolute Gasteiger partial charge is 0.550 e. The van der Waals surface area contributed by atoms with Crippen molar-refractivity contribution in [2.75, 3.05) is 0 Å². The second-order valence-corrected chi connectivity index (χ2v) is 2.33.